The van der Waals surface area contributed by atoms with Crippen molar-refractivity contribution in [1.29, 1.82) is 0 Å². The van der Waals surface area contributed by atoms with E-state index in [1.165, 1.54) is 28.6 Å². The second-order valence-corrected chi connectivity index (χ2v) is 6.50. The molecular formula is C27H47N3. The molecule has 1 aromatic carbocycles. The van der Waals surface area contributed by atoms with Crippen molar-refractivity contribution in [2.75, 3.05) is 20.1 Å². The fourth-order valence-electron chi connectivity index (χ4n) is 2.88. The summed E-state index contributed by atoms with van der Waals surface area (Å²) in [5.74, 6) is 0. The van der Waals surface area contributed by atoms with Crippen molar-refractivity contribution in [1.82, 2.24) is 9.47 Å². The van der Waals surface area contributed by atoms with Gasteiger partial charge in [-0.1, -0.05) is 79.2 Å². The molecule has 170 valence electrons. The lowest BCUT2D eigenvalue weighted by molar-refractivity contribution is 0.312. The zero-order valence-electron chi connectivity index (χ0n) is 21.0. The molecule has 1 aliphatic rings. The molecule has 0 atom stereocenters. The van der Waals surface area contributed by atoms with E-state index in [4.69, 9.17) is 0 Å². The minimum absolute atomic E-state index is 0.668. The van der Waals surface area contributed by atoms with Crippen molar-refractivity contribution >= 4 is 23.8 Å². The lowest BCUT2D eigenvalue weighted by Gasteiger charge is -2.23. The third-order valence-electron chi connectivity index (χ3n) is 4.06. The maximum absolute atomic E-state index is 3.88. The number of hydrogen-bond acceptors (Lipinski definition) is 2. The van der Waals surface area contributed by atoms with Gasteiger partial charge in [0.25, 0.3) is 0 Å². The van der Waals surface area contributed by atoms with Crippen LogP contribution >= 0.6 is 0 Å². The normalized spacial score (nSPS) is 12.0. The van der Waals surface area contributed by atoms with Crippen LogP contribution in [0.4, 0.5) is 0 Å². The SMILES string of the molecule is C=CCC.C=NC/C=C/n1c2c(c3ccccc31)CN(C)CC2.CC.CC.CCC. The summed E-state index contributed by atoms with van der Waals surface area (Å²) in [7, 11) is 2.19. The van der Waals surface area contributed by atoms with Gasteiger partial charge in [-0.25, -0.2) is 0 Å². The summed E-state index contributed by atoms with van der Waals surface area (Å²) in [6.07, 6.45) is 9.52. The number of para-hydroxylation sites is 1. The summed E-state index contributed by atoms with van der Waals surface area (Å²) < 4.78 is 2.32. The highest BCUT2D eigenvalue weighted by atomic mass is 15.1. The van der Waals surface area contributed by atoms with Crippen molar-refractivity contribution in [3.05, 3.63) is 54.3 Å². The number of hydrogen-bond donors (Lipinski definition) is 0. The van der Waals surface area contributed by atoms with E-state index in [2.05, 4.69) is 92.1 Å². The summed E-state index contributed by atoms with van der Waals surface area (Å²) >= 11 is 0. The van der Waals surface area contributed by atoms with E-state index in [1.807, 2.05) is 33.8 Å². The van der Waals surface area contributed by atoms with Gasteiger partial charge >= 0.3 is 0 Å². The first-order chi connectivity index (χ1) is 14.6. The summed E-state index contributed by atoms with van der Waals surface area (Å²) in [6, 6.07) is 8.65. The Kier molecular flexibility index (Phi) is 20.2. The molecule has 0 amide bonds. The van der Waals surface area contributed by atoms with Crippen LogP contribution in [0.3, 0.4) is 0 Å². The van der Waals surface area contributed by atoms with Gasteiger partial charge in [0.15, 0.2) is 0 Å². The maximum Gasteiger partial charge on any atom is 0.0580 e. The quantitative estimate of drug-likeness (QED) is 0.369. The molecule has 3 nitrogen and oxygen atoms in total. The maximum atomic E-state index is 3.88. The number of aromatic nitrogens is 1. The first-order valence-corrected chi connectivity index (χ1v) is 11.6. The highest BCUT2D eigenvalue weighted by Crippen LogP contribution is 2.30. The van der Waals surface area contributed by atoms with Crippen LogP contribution in [0.5, 0.6) is 0 Å². The minimum atomic E-state index is 0.668. The molecule has 0 saturated carbocycles. The standard InChI is InChI=1S/C16H19N3.C4H8.C3H8.2C2H6/c1-17-9-5-10-19-15-7-4-3-6-13(15)14-12-18(2)11-8-16(14)19;1-3-4-2;1-3-2;2*1-2/h3-7,10H,1,8-9,11-12H2,2H3;3H,1,4H2,2H3;3H2,1-2H3;2*1-2H3/b10-5+;;;;. The predicted molar refractivity (Wildman–Crippen MR) is 141 cm³/mol. The Morgan fingerprint density at radius 2 is 1.63 bits per heavy atom. The summed E-state index contributed by atoms with van der Waals surface area (Å²) in [4.78, 5) is 6.26. The Morgan fingerprint density at radius 3 is 2.17 bits per heavy atom. The van der Waals surface area contributed by atoms with Crippen molar-refractivity contribution in [3.8, 4) is 0 Å². The van der Waals surface area contributed by atoms with Gasteiger partial charge in [0.1, 0.15) is 0 Å². The first-order valence-electron chi connectivity index (χ1n) is 11.6. The van der Waals surface area contributed by atoms with Crippen molar-refractivity contribution < 1.29 is 0 Å². The first kappa shape index (κ1) is 30.1. The highest BCUT2D eigenvalue weighted by Gasteiger charge is 2.20. The average Bonchev–Trinajstić information content (AvgIpc) is 3.10. The molecule has 0 spiro atoms. The number of rotatable bonds is 4. The van der Waals surface area contributed by atoms with Gasteiger partial charge in [0, 0.05) is 36.8 Å². The molecule has 1 aliphatic heterocycles. The molecule has 0 aliphatic carbocycles. The van der Waals surface area contributed by atoms with Crippen LogP contribution in [0.2, 0.25) is 0 Å². The summed E-state index contributed by atoms with van der Waals surface area (Å²) in [5.41, 5.74) is 4.21. The van der Waals surface area contributed by atoms with Crippen LogP contribution in [0, 0.1) is 0 Å². The third kappa shape index (κ3) is 10.1. The van der Waals surface area contributed by atoms with Crippen LogP contribution in [0.1, 0.15) is 72.6 Å². The number of allylic oxidation sites excluding steroid dienone is 1. The molecule has 0 radical (unpaired) electrons. The van der Waals surface area contributed by atoms with E-state index in [0.717, 1.165) is 25.9 Å². The van der Waals surface area contributed by atoms with E-state index < -0.39 is 0 Å². The topological polar surface area (TPSA) is 20.5 Å². The van der Waals surface area contributed by atoms with Crippen molar-refractivity contribution in [2.24, 2.45) is 4.99 Å². The van der Waals surface area contributed by atoms with Crippen LogP contribution in [0.25, 0.3) is 17.1 Å². The number of fused-ring (bicyclic) bond motifs is 3. The van der Waals surface area contributed by atoms with Gasteiger partial charge in [0.05, 0.1) is 12.1 Å². The van der Waals surface area contributed by atoms with E-state index in [0.29, 0.717) is 6.54 Å². The van der Waals surface area contributed by atoms with E-state index in [9.17, 15) is 0 Å². The number of benzene rings is 1. The second kappa shape index (κ2) is 20.2. The summed E-state index contributed by atoms with van der Waals surface area (Å²) in [5, 5.41) is 1.38. The van der Waals surface area contributed by atoms with Crippen LogP contribution < -0.4 is 0 Å². The van der Waals surface area contributed by atoms with Gasteiger partial charge in [-0.05, 0) is 37.9 Å². The molecular weight excluding hydrogens is 366 g/mol. The van der Waals surface area contributed by atoms with Gasteiger partial charge in [-0.2, -0.15) is 0 Å². The van der Waals surface area contributed by atoms with Crippen LogP contribution in [0.15, 0.2) is 48.0 Å². The monoisotopic (exact) mass is 413 g/mol. The Hall–Kier alpha value is -2.13. The Labute approximate surface area is 187 Å². The lowest BCUT2D eigenvalue weighted by atomic mass is 10.1. The zero-order valence-corrected chi connectivity index (χ0v) is 21.0. The van der Waals surface area contributed by atoms with Gasteiger partial charge < -0.3 is 9.47 Å². The Morgan fingerprint density at radius 1 is 1.07 bits per heavy atom. The van der Waals surface area contributed by atoms with Crippen molar-refractivity contribution in [3.63, 3.8) is 0 Å². The van der Waals surface area contributed by atoms with Gasteiger partial charge in [-0.15, -0.1) is 6.58 Å². The second-order valence-electron chi connectivity index (χ2n) is 6.50. The largest absolute Gasteiger partial charge is 0.320 e. The average molecular weight is 414 g/mol. The number of aliphatic imine (C=N–C) groups is 1. The number of likely N-dealkylation sites (N-methyl/N-ethyl adjacent to an activating group) is 1. The lowest BCUT2D eigenvalue weighted by Crippen LogP contribution is -2.26. The molecule has 0 saturated heterocycles. The van der Waals surface area contributed by atoms with Crippen LogP contribution in [-0.4, -0.2) is 36.3 Å². The fourth-order valence-corrected chi connectivity index (χ4v) is 2.88. The Bertz CT molecular complexity index is 710. The zero-order chi connectivity index (χ0) is 23.4. The molecule has 3 heteroatoms. The van der Waals surface area contributed by atoms with Crippen LogP contribution in [-0.2, 0) is 13.0 Å². The minimum Gasteiger partial charge on any atom is -0.320 e. The van der Waals surface area contributed by atoms with E-state index >= 15 is 0 Å². The molecule has 30 heavy (non-hydrogen) atoms. The third-order valence-corrected chi connectivity index (χ3v) is 4.06. The molecule has 0 unspecified atom stereocenters. The smallest absolute Gasteiger partial charge is 0.0580 e. The van der Waals surface area contributed by atoms with Gasteiger partial charge in [0.2, 0.25) is 0 Å². The molecule has 0 N–H and O–H groups in total. The highest BCUT2D eigenvalue weighted by molar-refractivity contribution is 5.87. The molecule has 2 aromatic rings. The van der Waals surface area contributed by atoms with E-state index in [1.54, 1.807) is 0 Å². The molecule has 2 heterocycles. The Balaban J connectivity index is 0. The summed E-state index contributed by atoms with van der Waals surface area (Å²) in [6.45, 7) is 24.1. The molecule has 0 fully saturated rings. The molecule has 0 bridgehead atoms. The number of nitrogens with zero attached hydrogens (tertiary/aromatic N) is 3. The molecule has 1 aromatic heterocycles. The van der Waals surface area contributed by atoms with E-state index in [-0.39, 0.29) is 0 Å². The van der Waals surface area contributed by atoms with Gasteiger partial charge in [-0.3, -0.25) is 4.99 Å². The van der Waals surface area contributed by atoms with Crippen molar-refractivity contribution in [2.45, 2.75) is 74.3 Å². The fraction of sp³-hybridized carbons (Fsp3) is 0.519. The molecule has 3 rings (SSSR count). The predicted octanol–water partition coefficient (Wildman–Crippen LogP) is 7.85.